The summed E-state index contributed by atoms with van der Waals surface area (Å²) in [5, 5.41) is 9.88. The van der Waals surface area contributed by atoms with Crippen molar-refractivity contribution in [2.24, 2.45) is 0 Å². The van der Waals surface area contributed by atoms with Gasteiger partial charge in [-0.2, -0.15) is 0 Å². The summed E-state index contributed by atoms with van der Waals surface area (Å²) in [6.07, 6.45) is 0.367. The van der Waals surface area contributed by atoms with Gasteiger partial charge < -0.3 is 9.84 Å². The van der Waals surface area contributed by atoms with Gasteiger partial charge in [0.2, 0.25) is 0 Å². The minimum Gasteiger partial charge on any atom is -0.508 e. The molecule has 0 bridgehead atoms. The Morgan fingerprint density at radius 1 is 1.33 bits per heavy atom. The van der Waals surface area contributed by atoms with Gasteiger partial charge >= 0.3 is 5.97 Å². The molecule has 1 N–H and O–H groups in total. The molecule has 94 valence electrons. The maximum absolute atomic E-state index is 11.2. The normalized spacial score (nSPS) is 10.3. The van der Waals surface area contributed by atoms with Gasteiger partial charge in [-0.05, 0) is 48.4 Å². The minimum atomic E-state index is -0.228. The van der Waals surface area contributed by atoms with E-state index in [1.165, 1.54) is 11.3 Å². The lowest BCUT2D eigenvalue weighted by molar-refractivity contribution is -0.133. The van der Waals surface area contributed by atoms with Crippen molar-refractivity contribution >= 4 is 17.3 Å². The number of phenolic OH excluding ortho intramolecular Hbond substituents is 1. The van der Waals surface area contributed by atoms with Gasteiger partial charge in [0.1, 0.15) is 5.75 Å². The first-order valence-electron chi connectivity index (χ1n) is 5.70. The minimum absolute atomic E-state index is 0.228. The highest BCUT2D eigenvalue weighted by Gasteiger charge is 2.11. The van der Waals surface area contributed by atoms with E-state index in [2.05, 4.69) is 0 Å². The van der Waals surface area contributed by atoms with E-state index in [-0.39, 0.29) is 11.7 Å². The summed E-state index contributed by atoms with van der Waals surface area (Å²) in [7, 11) is 0. The zero-order chi connectivity index (χ0) is 13.1. The van der Waals surface area contributed by atoms with Crippen molar-refractivity contribution in [1.29, 1.82) is 0 Å². The van der Waals surface area contributed by atoms with Crippen molar-refractivity contribution in [2.75, 3.05) is 0 Å². The van der Waals surface area contributed by atoms with Crippen LogP contribution in [0.2, 0.25) is 0 Å². The summed E-state index contributed by atoms with van der Waals surface area (Å²) in [6, 6.07) is 8.85. The molecule has 0 fully saturated rings. The quantitative estimate of drug-likeness (QED) is 0.857. The average molecular weight is 262 g/mol. The van der Waals surface area contributed by atoms with E-state index in [0.717, 1.165) is 16.0 Å². The van der Waals surface area contributed by atoms with Gasteiger partial charge in [-0.1, -0.05) is 18.3 Å². The van der Waals surface area contributed by atoms with Crippen LogP contribution in [-0.4, -0.2) is 11.1 Å². The lowest BCUT2D eigenvalue weighted by Gasteiger charge is -1.99. The molecule has 0 spiro atoms. The van der Waals surface area contributed by atoms with Crippen LogP contribution in [0.4, 0.5) is 0 Å². The molecule has 0 unspecified atom stereocenters. The van der Waals surface area contributed by atoms with Crippen molar-refractivity contribution in [1.82, 2.24) is 0 Å². The molecular formula is C14H14O3S. The fourth-order valence-electron chi connectivity index (χ4n) is 1.59. The van der Waals surface area contributed by atoms with Gasteiger partial charge in [-0.3, -0.25) is 4.79 Å². The van der Waals surface area contributed by atoms with Gasteiger partial charge in [0.15, 0.2) is 5.06 Å². The second-order valence-corrected chi connectivity index (χ2v) is 4.97. The van der Waals surface area contributed by atoms with Crippen LogP contribution >= 0.6 is 11.3 Å². The number of thiophene rings is 1. The van der Waals surface area contributed by atoms with Crippen LogP contribution in [0, 0.1) is 6.92 Å². The third-order valence-corrected chi connectivity index (χ3v) is 3.69. The lowest BCUT2D eigenvalue weighted by atomic mass is 10.1. The standard InChI is InChI=1S/C14H14O3S/c1-3-12(16)17-13-8-9(2)14(18-13)10-4-6-11(15)7-5-10/h4-8,15H,3H2,1-2H3. The molecule has 1 aromatic carbocycles. The van der Waals surface area contributed by atoms with Crippen molar-refractivity contribution in [3.63, 3.8) is 0 Å². The smallest absolute Gasteiger partial charge is 0.311 e. The molecule has 3 nitrogen and oxygen atoms in total. The van der Waals surface area contributed by atoms with E-state index in [1.54, 1.807) is 19.1 Å². The van der Waals surface area contributed by atoms with Crippen LogP contribution in [-0.2, 0) is 4.79 Å². The predicted molar refractivity (Wildman–Crippen MR) is 72.1 cm³/mol. The second kappa shape index (κ2) is 5.23. The van der Waals surface area contributed by atoms with Crippen LogP contribution < -0.4 is 4.74 Å². The summed E-state index contributed by atoms with van der Waals surface area (Å²) in [5.41, 5.74) is 2.07. The molecule has 0 aliphatic carbocycles. The van der Waals surface area contributed by atoms with Crippen LogP contribution in [0.15, 0.2) is 30.3 Å². The summed E-state index contributed by atoms with van der Waals surface area (Å²) < 4.78 is 5.20. The van der Waals surface area contributed by atoms with E-state index < -0.39 is 0 Å². The van der Waals surface area contributed by atoms with Gasteiger partial charge in [-0.15, -0.1) is 0 Å². The Bertz CT molecular complexity index is 555. The zero-order valence-electron chi connectivity index (χ0n) is 10.3. The maximum Gasteiger partial charge on any atom is 0.311 e. The van der Waals surface area contributed by atoms with Crippen LogP contribution in [0.1, 0.15) is 18.9 Å². The Hall–Kier alpha value is -1.81. The van der Waals surface area contributed by atoms with Crippen molar-refractivity contribution < 1.29 is 14.6 Å². The first-order valence-corrected chi connectivity index (χ1v) is 6.52. The van der Waals surface area contributed by atoms with Crippen LogP contribution in [0.5, 0.6) is 10.8 Å². The number of carbonyl (C=O) groups excluding carboxylic acids is 1. The molecule has 0 aliphatic rings. The van der Waals surface area contributed by atoms with Gasteiger partial charge in [0.25, 0.3) is 0 Å². The first-order chi connectivity index (χ1) is 8.60. The molecule has 1 aromatic heterocycles. The number of rotatable bonds is 3. The van der Waals surface area contributed by atoms with Gasteiger partial charge in [0, 0.05) is 11.3 Å². The molecule has 1 heterocycles. The number of benzene rings is 1. The highest BCUT2D eigenvalue weighted by molar-refractivity contribution is 7.17. The van der Waals surface area contributed by atoms with Crippen LogP contribution in [0.3, 0.4) is 0 Å². The number of carbonyl (C=O) groups is 1. The Balaban J connectivity index is 2.29. The third kappa shape index (κ3) is 2.71. The SMILES string of the molecule is CCC(=O)Oc1cc(C)c(-c2ccc(O)cc2)s1. The maximum atomic E-state index is 11.2. The largest absolute Gasteiger partial charge is 0.508 e. The summed E-state index contributed by atoms with van der Waals surface area (Å²) >= 11 is 1.44. The molecule has 0 amide bonds. The molecule has 0 radical (unpaired) electrons. The van der Waals surface area contributed by atoms with Crippen molar-refractivity contribution in [2.45, 2.75) is 20.3 Å². The first kappa shape index (κ1) is 12.6. The number of aromatic hydroxyl groups is 1. The molecule has 0 atom stereocenters. The number of hydrogen-bond donors (Lipinski definition) is 1. The summed E-state index contributed by atoms with van der Waals surface area (Å²) in [4.78, 5) is 12.3. The highest BCUT2D eigenvalue weighted by atomic mass is 32.1. The van der Waals surface area contributed by atoms with E-state index >= 15 is 0 Å². The number of aryl methyl sites for hydroxylation is 1. The molecular weight excluding hydrogens is 248 g/mol. The van der Waals surface area contributed by atoms with Gasteiger partial charge in [-0.25, -0.2) is 0 Å². The second-order valence-electron chi connectivity index (χ2n) is 3.95. The Labute approximate surface area is 110 Å². The van der Waals surface area contributed by atoms with E-state index in [4.69, 9.17) is 4.74 Å². The number of phenols is 1. The number of esters is 1. The summed E-state index contributed by atoms with van der Waals surface area (Å²) in [5.74, 6) is 0.0131. The molecule has 18 heavy (non-hydrogen) atoms. The fraction of sp³-hybridized carbons (Fsp3) is 0.214. The lowest BCUT2D eigenvalue weighted by Crippen LogP contribution is -2.03. The molecule has 2 aromatic rings. The Morgan fingerprint density at radius 3 is 2.61 bits per heavy atom. The average Bonchev–Trinajstić information content (AvgIpc) is 2.71. The molecule has 0 saturated carbocycles. The monoisotopic (exact) mass is 262 g/mol. The van der Waals surface area contributed by atoms with Crippen molar-refractivity contribution in [3.05, 3.63) is 35.9 Å². The third-order valence-electron chi connectivity index (χ3n) is 2.53. The number of ether oxygens (including phenoxy) is 1. The Morgan fingerprint density at radius 2 is 2.00 bits per heavy atom. The molecule has 2 rings (SSSR count). The van der Waals surface area contributed by atoms with E-state index in [0.29, 0.717) is 11.5 Å². The van der Waals surface area contributed by atoms with E-state index in [1.807, 2.05) is 25.1 Å². The van der Waals surface area contributed by atoms with Crippen LogP contribution in [0.25, 0.3) is 10.4 Å². The zero-order valence-corrected chi connectivity index (χ0v) is 11.1. The summed E-state index contributed by atoms with van der Waals surface area (Å²) in [6.45, 7) is 3.74. The predicted octanol–water partition coefficient (Wildman–Crippen LogP) is 3.74. The van der Waals surface area contributed by atoms with Crippen molar-refractivity contribution in [3.8, 4) is 21.3 Å². The van der Waals surface area contributed by atoms with Gasteiger partial charge in [0.05, 0.1) is 0 Å². The number of hydrogen-bond acceptors (Lipinski definition) is 4. The Kier molecular flexibility index (Phi) is 3.67. The fourth-order valence-corrected chi connectivity index (χ4v) is 2.63. The topological polar surface area (TPSA) is 46.5 Å². The molecule has 0 saturated heterocycles. The molecule has 4 heteroatoms. The molecule has 0 aliphatic heterocycles. The van der Waals surface area contributed by atoms with E-state index in [9.17, 15) is 9.90 Å². The highest BCUT2D eigenvalue weighted by Crippen LogP contribution is 2.37.